The number of aromatic amines is 1. The molecule has 4 amide bonds. The Morgan fingerprint density at radius 3 is 2.25 bits per heavy atom. The Kier molecular flexibility index (Phi) is 24.0. The first-order chi connectivity index (χ1) is 26.2. The molecule has 314 valence electrons. The number of urea groups is 1. The van der Waals surface area contributed by atoms with Crippen LogP contribution in [0, 0.1) is 17.8 Å². The van der Waals surface area contributed by atoms with Crippen molar-refractivity contribution in [2.24, 2.45) is 5.92 Å². The first-order valence-corrected chi connectivity index (χ1v) is 22.9. The number of aliphatic hydroxyl groups excluding tert-OH is 2. The molecule has 4 rings (SSSR count). The molecular weight excluding hydrogens is 850 g/mol. The number of thioether (sulfide) groups is 1. The maximum atomic E-state index is 12.6. The van der Waals surface area contributed by atoms with Gasteiger partial charge in [0.1, 0.15) is 11.7 Å². The molecule has 23 nitrogen and oxygen atoms in total. The van der Waals surface area contributed by atoms with Gasteiger partial charge in [0.05, 0.1) is 37.4 Å². The largest absolute Gasteiger partial charge is 1.00 e. The van der Waals surface area contributed by atoms with E-state index in [4.69, 9.17) is 4.89 Å². The van der Waals surface area contributed by atoms with Gasteiger partial charge in [-0.2, -0.15) is 11.8 Å². The molecule has 3 unspecified atom stereocenters. The van der Waals surface area contributed by atoms with Gasteiger partial charge in [-0.25, -0.2) is 18.2 Å². The van der Waals surface area contributed by atoms with Crippen molar-refractivity contribution in [1.82, 2.24) is 30.8 Å². The van der Waals surface area contributed by atoms with Crippen LogP contribution in [0.2, 0.25) is 0 Å². The minimum Gasteiger partial charge on any atom is -0.756 e. The van der Waals surface area contributed by atoms with Crippen molar-refractivity contribution in [2.75, 3.05) is 25.4 Å². The number of phosphoric ester groups is 1. The molecule has 10 atom stereocenters. The van der Waals surface area contributed by atoms with Crippen molar-refractivity contribution in [3.63, 3.8) is 0 Å². The number of unbranched alkanes of at least 4 members (excludes halogenated alkanes) is 3. The van der Waals surface area contributed by atoms with Crippen LogP contribution >= 0.6 is 35.2 Å². The quantitative estimate of drug-likeness (QED) is 0.0198. The summed E-state index contributed by atoms with van der Waals surface area (Å²) in [6.45, 7) is -0.697. The summed E-state index contributed by atoms with van der Waals surface area (Å²) in [4.78, 5) is 105. The monoisotopic (exact) mass is 892 g/mol. The van der Waals surface area contributed by atoms with Crippen LogP contribution in [0.5, 0.6) is 0 Å². The number of carbonyl (C=O) groups excluding carboxylic acids is 3. The molecular formula is C29H42Li3N6O17P3S. The predicted octanol–water partition coefficient (Wildman–Crippen LogP) is -11.9. The van der Waals surface area contributed by atoms with E-state index >= 15 is 0 Å². The Bertz CT molecular complexity index is 1930. The second-order valence-electron chi connectivity index (χ2n) is 13.2. The molecule has 0 aromatic carbocycles. The van der Waals surface area contributed by atoms with Crippen LogP contribution in [0.25, 0.3) is 0 Å². The van der Waals surface area contributed by atoms with E-state index in [0.717, 1.165) is 35.8 Å². The van der Waals surface area contributed by atoms with Crippen LogP contribution in [0.15, 0.2) is 15.8 Å². The molecule has 3 aliphatic rings. The van der Waals surface area contributed by atoms with E-state index in [1.807, 2.05) is 16.7 Å². The third kappa shape index (κ3) is 18.3. The molecule has 59 heavy (non-hydrogen) atoms. The summed E-state index contributed by atoms with van der Waals surface area (Å²) in [5, 5.41) is 32.7. The van der Waals surface area contributed by atoms with Crippen molar-refractivity contribution >= 4 is 53.1 Å². The summed E-state index contributed by atoms with van der Waals surface area (Å²) >= 11 is 1.84. The normalized spacial score (nSPS) is 26.0. The van der Waals surface area contributed by atoms with Crippen LogP contribution in [0.3, 0.4) is 0 Å². The number of hydrogen-bond donors (Lipinski definition) is 8. The molecule has 0 bridgehead atoms. The Morgan fingerprint density at radius 1 is 0.915 bits per heavy atom. The number of H-pyrrole nitrogens is 1. The van der Waals surface area contributed by atoms with E-state index < -0.39 is 65.5 Å². The number of aliphatic hydroxyl groups is 2. The second kappa shape index (κ2) is 25.3. The van der Waals surface area contributed by atoms with Gasteiger partial charge in [-0.1, -0.05) is 24.7 Å². The maximum absolute atomic E-state index is 12.6. The van der Waals surface area contributed by atoms with Gasteiger partial charge in [-0.3, -0.25) is 37.6 Å². The number of amides is 4. The van der Waals surface area contributed by atoms with Gasteiger partial charge in [0.15, 0.2) is 0 Å². The van der Waals surface area contributed by atoms with Crippen molar-refractivity contribution in [2.45, 2.75) is 93.4 Å². The van der Waals surface area contributed by atoms with Crippen LogP contribution in [0.1, 0.15) is 69.4 Å². The maximum Gasteiger partial charge on any atom is 1.00 e. The van der Waals surface area contributed by atoms with Crippen LogP contribution < -0.4 is 104 Å². The average Bonchev–Trinajstić information content (AvgIpc) is 3.73. The molecule has 2 aliphatic heterocycles. The summed E-state index contributed by atoms with van der Waals surface area (Å²) in [5.41, 5.74) is -2.18. The Labute approximate surface area is 378 Å². The number of rotatable bonds is 20. The number of aromatic nitrogens is 2. The van der Waals surface area contributed by atoms with E-state index in [1.54, 1.807) is 0 Å². The minimum atomic E-state index is -6.16. The Hall–Kier alpha value is -1.08. The zero-order valence-electron chi connectivity index (χ0n) is 32.6. The minimum absolute atomic E-state index is 0. The van der Waals surface area contributed by atoms with Gasteiger partial charge >= 0.3 is 68.3 Å². The van der Waals surface area contributed by atoms with Crippen LogP contribution in [-0.4, -0.2) is 97.5 Å². The number of fused-ring (bicyclic) bond motifs is 1. The topological polar surface area (TPSA) is 363 Å². The third-order valence-electron chi connectivity index (χ3n) is 9.03. The molecule has 3 heterocycles. The first kappa shape index (κ1) is 55.9. The Morgan fingerprint density at radius 2 is 1.58 bits per heavy atom. The van der Waals surface area contributed by atoms with E-state index in [0.29, 0.717) is 37.5 Å². The summed E-state index contributed by atoms with van der Waals surface area (Å²) < 4.78 is 45.8. The van der Waals surface area contributed by atoms with Gasteiger partial charge < -0.3 is 55.6 Å². The van der Waals surface area contributed by atoms with Crippen molar-refractivity contribution in [1.29, 1.82) is 0 Å². The SMILES string of the molecule is O=C(CCCCCNC(=O)CCCC[C@@H]1SC[C@@H]2NC(=O)N[C@@H]21)NCC#Cc1cn([C@@H]2C[C@H](COP(=O)([O-])OP(=O)([O-])OP(=O)([O-])O)[C@@H](O)[C@H]2O)c(=O)[nH]c1=O.[Li+].[Li+].[Li+]. The van der Waals surface area contributed by atoms with Crippen molar-refractivity contribution in [3.8, 4) is 11.8 Å². The molecule has 30 heteroatoms. The van der Waals surface area contributed by atoms with Gasteiger partial charge in [-0.05, 0) is 32.1 Å². The molecule has 1 aliphatic carbocycles. The van der Waals surface area contributed by atoms with Gasteiger partial charge in [0.25, 0.3) is 29.0 Å². The summed E-state index contributed by atoms with van der Waals surface area (Å²) in [7, 11) is -18.0. The summed E-state index contributed by atoms with van der Waals surface area (Å²) in [6.07, 6.45) is 2.25. The van der Waals surface area contributed by atoms with E-state index in [2.05, 4.69) is 46.3 Å². The molecule has 2 saturated heterocycles. The molecule has 0 radical (unpaired) electrons. The van der Waals surface area contributed by atoms with E-state index in [9.17, 15) is 62.6 Å². The molecule has 1 aromatic heterocycles. The first-order valence-electron chi connectivity index (χ1n) is 17.4. The summed E-state index contributed by atoms with van der Waals surface area (Å²) in [6, 6.07) is -1.06. The zero-order chi connectivity index (χ0) is 41.3. The van der Waals surface area contributed by atoms with Crippen LogP contribution in [-0.2, 0) is 36.4 Å². The number of hydrogen-bond acceptors (Lipinski definition) is 17. The molecule has 1 saturated carbocycles. The second-order valence-corrected chi connectivity index (χ2v) is 18.7. The fourth-order valence-corrected chi connectivity index (χ4v) is 10.9. The van der Waals surface area contributed by atoms with Gasteiger partial charge in [0.2, 0.25) is 11.8 Å². The fourth-order valence-electron chi connectivity index (χ4n) is 6.38. The van der Waals surface area contributed by atoms with E-state index in [1.165, 1.54) is 0 Å². The predicted molar refractivity (Wildman–Crippen MR) is 189 cm³/mol. The summed E-state index contributed by atoms with van der Waals surface area (Å²) in [5.74, 6) is 4.35. The zero-order valence-corrected chi connectivity index (χ0v) is 36.1. The fraction of sp³-hybridized carbons (Fsp3) is 0.690. The average molecular weight is 892 g/mol. The number of nitrogens with one attached hydrogen (secondary N) is 5. The molecule has 0 spiro atoms. The van der Waals surface area contributed by atoms with Crippen LogP contribution in [0.4, 0.5) is 4.79 Å². The number of carbonyl (C=O) groups is 3. The van der Waals surface area contributed by atoms with Gasteiger partial charge in [0, 0.05) is 42.5 Å². The molecule has 3 fully saturated rings. The smallest absolute Gasteiger partial charge is 0.756 e. The molecule has 8 N–H and O–H groups in total. The third-order valence-corrected chi connectivity index (χ3v) is 14.2. The van der Waals surface area contributed by atoms with Crippen molar-refractivity contribution in [3.05, 3.63) is 32.6 Å². The van der Waals surface area contributed by atoms with Gasteiger partial charge in [-0.15, -0.1) is 0 Å². The molecule has 1 aromatic rings. The van der Waals surface area contributed by atoms with Crippen molar-refractivity contribution < 1.29 is 128 Å². The number of nitrogens with zero attached hydrogens (tertiary/aromatic N) is 1. The van der Waals surface area contributed by atoms with E-state index in [-0.39, 0.29) is 111 Å². The number of phosphoric acid groups is 3. The Balaban J connectivity index is 0.00000580. The standard InChI is InChI=1S/C29H45N6O17P3S.3Li/c36-22(9-2-1-5-11-30-23(37)10-4-3-8-21-24-19(16-56-21)32-28(41)33-24)31-12-6-7-17-14-35(29(42)34-27(17)40)20-13-18(25(38)26(20)39)15-50-54(46,47)52-55(48,49)51-53(43,44)45;;;/h14,18-21,24-26,38-39H,1-5,8-13,15-16H2,(H,30,37)(H,31,36)(H,46,47)(H,48,49)(H2,32,33,41)(H,34,40,42)(H2,43,44,45);;;/q;3*+1/p-3/t18-,19+,20-,21+,24+,25-,26+;;;/m1.../s1.